The normalized spacial score (nSPS) is 16.4. The molecule has 1 nitrogen and oxygen atoms in total. The first-order valence-electron chi connectivity index (χ1n) is 4.89. The number of carbonyl (C=O) groups is 1. The molecule has 0 saturated heterocycles. The molecule has 1 aliphatic rings. The van der Waals surface area contributed by atoms with Gasteiger partial charge in [-0.25, -0.2) is 0 Å². The second-order valence-corrected chi connectivity index (χ2v) is 4.07. The van der Waals surface area contributed by atoms with Crippen molar-refractivity contribution in [3.8, 4) is 0 Å². The smallest absolute Gasteiger partial charge is 0.152 e. The van der Waals surface area contributed by atoms with Gasteiger partial charge in [-0.15, -0.1) is 0 Å². The summed E-state index contributed by atoms with van der Waals surface area (Å²) in [5, 5.41) is 0. The summed E-state index contributed by atoms with van der Waals surface area (Å²) in [5.41, 5.74) is 6.48. The minimum absolute atomic E-state index is 0.144. The Bertz CT molecular complexity index is 422. The fourth-order valence-electron chi connectivity index (χ4n) is 2.21. The zero-order valence-electron chi connectivity index (χ0n) is 8.85. The summed E-state index contributed by atoms with van der Waals surface area (Å²) < 4.78 is 0. The van der Waals surface area contributed by atoms with Gasteiger partial charge in [0.2, 0.25) is 0 Å². The third-order valence-electron chi connectivity index (χ3n) is 2.64. The van der Waals surface area contributed by atoms with Crippen LogP contribution in [0.15, 0.2) is 18.2 Å². The summed E-state index contributed by atoms with van der Waals surface area (Å²) in [5.74, 6) is 0.144. The molecule has 0 unspecified atom stereocenters. The van der Waals surface area contributed by atoms with Crippen LogP contribution < -0.4 is 0 Å². The molecular formula is C13H14O. The van der Waals surface area contributed by atoms with E-state index in [1.54, 1.807) is 13.0 Å². The summed E-state index contributed by atoms with van der Waals surface area (Å²) in [7, 11) is 0. The highest BCUT2D eigenvalue weighted by Gasteiger charge is 2.21. The molecule has 72 valence electrons. The number of hydrogen-bond donors (Lipinski definition) is 0. The number of ketones is 1. The molecule has 1 aromatic carbocycles. The van der Waals surface area contributed by atoms with Gasteiger partial charge in [0.1, 0.15) is 0 Å². The molecule has 1 aliphatic carbocycles. The second-order valence-electron chi connectivity index (χ2n) is 4.07. The lowest BCUT2D eigenvalue weighted by Crippen LogP contribution is -2.11. The predicted molar refractivity (Wildman–Crippen MR) is 58.3 cm³/mol. The van der Waals surface area contributed by atoms with Crippen molar-refractivity contribution in [2.75, 3.05) is 0 Å². The van der Waals surface area contributed by atoms with Gasteiger partial charge in [0.05, 0.1) is 0 Å². The number of hydrogen-bond acceptors (Lipinski definition) is 1. The Hall–Kier alpha value is -1.37. The molecule has 0 radical (unpaired) electrons. The van der Waals surface area contributed by atoms with Crippen LogP contribution in [0.3, 0.4) is 0 Å². The van der Waals surface area contributed by atoms with Crippen LogP contribution in [0.5, 0.6) is 0 Å². The van der Waals surface area contributed by atoms with Crippen molar-refractivity contribution in [1.82, 2.24) is 0 Å². The van der Waals surface area contributed by atoms with Gasteiger partial charge < -0.3 is 0 Å². The Balaban J connectivity index is 2.48. The Labute approximate surface area is 84.5 Å². The summed E-state index contributed by atoms with van der Waals surface area (Å²) >= 11 is 0. The first kappa shape index (κ1) is 9.20. The van der Waals surface area contributed by atoms with E-state index in [0.717, 1.165) is 6.42 Å². The van der Waals surface area contributed by atoms with Gasteiger partial charge in [-0.3, -0.25) is 4.79 Å². The van der Waals surface area contributed by atoms with Crippen LogP contribution in [0.2, 0.25) is 0 Å². The van der Waals surface area contributed by atoms with E-state index in [9.17, 15) is 4.79 Å². The number of fused-ring (bicyclic) bond motifs is 1. The van der Waals surface area contributed by atoms with Crippen molar-refractivity contribution >= 4 is 11.4 Å². The van der Waals surface area contributed by atoms with Crippen LogP contribution in [0.4, 0.5) is 0 Å². The van der Waals surface area contributed by atoms with Gasteiger partial charge in [-0.1, -0.05) is 17.7 Å². The molecule has 0 bridgehead atoms. The maximum Gasteiger partial charge on any atom is 0.152 e. The minimum Gasteiger partial charge on any atom is -0.295 e. The molecule has 0 fully saturated rings. The van der Waals surface area contributed by atoms with Gasteiger partial charge in [-0.05, 0) is 55.5 Å². The summed E-state index contributed by atoms with van der Waals surface area (Å²) in [6.45, 7) is 5.83. The van der Waals surface area contributed by atoms with Crippen molar-refractivity contribution in [3.63, 3.8) is 0 Å². The highest BCUT2D eigenvalue weighted by molar-refractivity contribution is 5.98. The van der Waals surface area contributed by atoms with E-state index in [1.165, 1.54) is 27.8 Å². The molecule has 0 N–H and O–H groups in total. The van der Waals surface area contributed by atoms with Crippen molar-refractivity contribution in [2.45, 2.75) is 27.2 Å². The molecule has 2 rings (SSSR count). The van der Waals surface area contributed by atoms with Gasteiger partial charge in [-0.2, -0.15) is 0 Å². The largest absolute Gasteiger partial charge is 0.295 e. The van der Waals surface area contributed by atoms with Crippen LogP contribution in [0, 0.1) is 13.8 Å². The second kappa shape index (κ2) is 3.09. The van der Waals surface area contributed by atoms with Crippen LogP contribution in [0.1, 0.15) is 29.2 Å². The first-order valence-corrected chi connectivity index (χ1v) is 4.89. The van der Waals surface area contributed by atoms with E-state index in [0.29, 0.717) is 0 Å². The maximum atomic E-state index is 11.0. The van der Waals surface area contributed by atoms with Crippen LogP contribution in [0.25, 0.3) is 5.57 Å². The summed E-state index contributed by atoms with van der Waals surface area (Å²) in [6.07, 6.45) is 2.71. The van der Waals surface area contributed by atoms with Gasteiger partial charge >= 0.3 is 0 Å². The number of rotatable bonds is 1. The van der Waals surface area contributed by atoms with Gasteiger partial charge in [0.25, 0.3) is 0 Å². The van der Waals surface area contributed by atoms with Gasteiger partial charge in [0.15, 0.2) is 5.78 Å². The summed E-state index contributed by atoms with van der Waals surface area (Å²) in [6, 6.07) is 4.38. The SMILES string of the molecule is CC(=O)/C=C1/Cc2cc(C)cc(C)c21. The highest BCUT2D eigenvalue weighted by atomic mass is 16.1. The minimum atomic E-state index is 0.144. The Morgan fingerprint density at radius 1 is 1.36 bits per heavy atom. The van der Waals surface area contributed by atoms with Crippen LogP contribution >= 0.6 is 0 Å². The average Bonchev–Trinajstić information content (AvgIpc) is 1.98. The summed E-state index contributed by atoms with van der Waals surface area (Å²) in [4.78, 5) is 11.0. The predicted octanol–water partition coefficient (Wildman–Crippen LogP) is 2.83. The van der Waals surface area contributed by atoms with E-state index >= 15 is 0 Å². The lowest BCUT2D eigenvalue weighted by molar-refractivity contribution is -0.112. The zero-order chi connectivity index (χ0) is 10.3. The van der Waals surface area contributed by atoms with E-state index in [4.69, 9.17) is 0 Å². The number of aryl methyl sites for hydroxylation is 2. The Kier molecular flexibility index (Phi) is 2.03. The third kappa shape index (κ3) is 1.39. The molecule has 0 amide bonds. The molecule has 0 spiro atoms. The molecule has 1 heteroatoms. The Morgan fingerprint density at radius 2 is 2.07 bits per heavy atom. The number of carbonyl (C=O) groups excluding carboxylic acids is 1. The monoisotopic (exact) mass is 186 g/mol. The number of benzene rings is 1. The van der Waals surface area contributed by atoms with Crippen LogP contribution in [-0.2, 0) is 11.2 Å². The maximum absolute atomic E-state index is 11.0. The topological polar surface area (TPSA) is 17.1 Å². The fourth-order valence-corrected chi connectivity index (χ4v) is 2.21. The average molecular weight is 186 g/mol. The lowest BCUT2D eigenvalue weighted by atomic mass is 9.78. The van der Waals surface area contributed by atoms with Crippen molar-refractivity contribution < 1.29 is 4.79 Å². The Morgan fingerprint density at radius 3 is 2.64 bits per heavy atom. The third-order valence-corrected chi connectivity index (χ3v) is 2.64. The van der Waals surface area contributed by atoms with Crippen molar-refractivity contribution in [2.24, 2.45) is 0 Å². The van der Waals surface area contributed by atoms with E-state index in [-0.39, 0.29) is 5.78 Å². The highest BCUT2D eigenvalue weighted by Crippen LogP contribution is 2.37. The molecule has 0 heterocycles. The van der Waals surface area contributed by atoms with E-state index in [1.807, 2.05) is 0 Å². The molecular weight excluding hydrogens is 172 g/mol. The molecule has 0 aromatic heterocycles. The van der Waals surface area contributed by atoms with Crippen molar-refractivity contribution in [3.05, 3.63) is 40.5 Å². The fraction of sp³-hybridized carbons (Fsp3) is 0.308. The molecule has 0 atom stereocenters. The first-order chi connectivity index (χ1) is 6.58. The van der Waals surface area contributed by atoms with Crippen LogP contribution in [-0.4, -0.2) is 5.78 Å². The standard InChI is InChI=1S/C13H14O/c1-8-4-9(2)13-11(5-8)7-12(13)6-10(3)14/h4-6H,7H2,1-3H3/b12-6-. The quantitative estimate of drug-likeness (QED) is 0.616. The van der Waals surface area contributed by atoms with E-state index in [2.05, 4.69) is 26.0 Å². The molecule has 14 heavy (non-hydrogen) atoms. The van der Waals surface area contributed by atoms with E-state index < -0.39 is 0 Å². The zero-order valence-corrected chi connectivity index (χ0v) is 8.85. The van der Waals surface area contributed by atoms with Crippen molar-refractivity contribution in [1.29, 1.82) is 0 Å². The van der Waals surface area contributed by atoms with Gasteiger partial charge in [0, 0.05) is 0 Å². The molecule has 0 saturated carbocycles. The number of allylic oxidation sites excluding steroid dienone is 2. The lowest BCUT2D eigenvalue weighted by Gasteiger charge is -2.25. The molecule has 1 aromatic rings. The molecule has 0 aliphatic heterocycles.